The van der Waals surface area contributed by atoms with Gasteiger partial charge in [-0.1, -0.05) is 6.08 Å². The molecule has 19 heavy (non-hydrogen) atoms. The van der Waals surface area contributed by atoms with Crippen molar-refractivity contribution in [1.29, 1.82) is 0 Å². The predicted molar refractivity (Wildman–Crippen MR) is 80.4 cm³/mol. The van der Waals surface area contributed by atoms with Crippen molar-refractivity contribution in [3.63, 3.8) is 0 Å². The lowest BCUT2D eigenvalue weighted by molar-refractivity contribution is 0.751. The maximum Gasteiger partial charge on any atom is 0.197 e. The Bertz CT molecular complexity index is 679. The summed E-state index contributed by atoms with van der Waals surface area (Å²) in [5, 5.41) is 0. The van der Waals surface area contributed by atoms with Crippen molar-refractivity contribution in [3.05, 3.63) is 34.6 Å². The number of hydrogen-bond donors (Lipinski definition) is 1. The van der Waals surface area contributed by atoms with Crippen LogP contribution in [0.3, 0.4) is 0 Å². The van der Waals surface area contributed by atoms with Gasteiger partial charge in [0.1, 0.15) is 5.82 Å². The number of nitrogens with zero attached hydrogens (tertiary/aromatic N) is 3. The molecule has 2 aromatic rings. The zero-order valence-corrected chi connectivity index (χ0v) is 12.5. The highest BCUT2D eigenvalue weighted by Crippen LogP contribution is 2.24. The summed E-state index contributed by atoms with van der Waals surface area (Å²) in [4.78, 5) is 11.8. The Morgan fingerprint density at radius 1 is 1.42 bits per heavy atom. The van der Waals surface area contributed by atoms with Crippen LogP contribution in [0.1, 0.15) is 32.2 Å². The number of imidazole rings is 1. The van der Waals surface area contributed by atoms with Crippen molar-refractivity contribution < 1.29 is 0 Å². The first kappa shape index (κ1) is 13.7. The van der Waals surface area contributed by atoms with E-state index in [0.717, 1.165) is 29.3 Å². The Labute approximate surface area is 118 Å². The zero-order chi connectivity index (χ0) is 14.0. The number of hydrogen-bond acceptors (Lipinski definition) is 3. The Hall–Kier alpha value is -1.75. The van der Waals surface area contributed by atoms with Crippen LogP contribution in [0.15, 0.2) is 18.5 Å². The maximum atomic E-state index is 5.11. The molecule has 100 valence electrons. The Balaban J connectivity index is 2.67. The van der Waals surface area contributed by atoms with E-state index in [1.54, 1.807) is 6.20 Å². The van der Waals surface area contributed by atoms with Crippen LogP contribution in [0.4, 0.5) is 0 Å². The smallest absolute Gasteiger partial charge is 0.197 e. The molecule has 4 nitrogen and oxygen atoms in total. The summed E-state index contributed by atoms with van der Waals surface area (Å²) >= 11 is 5.11. The van der Waals surface area contributed by atoms with Crippen LogP contribution in [-0.2, 0) is 6.54 Å². The first-order valence-corrected chi connectivity index (χ1v) is 6.74. The lowest BCUT2D eigenvalue weighted by Gasteiger charge is -2.11. The number of nitrogens with one attached hydrogen (secondary N) is 1. The molecule has 0 radical (unpaired) electrons. The molecule has 2 rings (SSSR count). The predicted octanol–water partition coefficient (Wildman–Crippen LogP) is 3.75. The van der Waals surface area contributed by atoms with Gasteiger partial charge in [0.2, 0.25) is 0 Å². The van der Waals surface area contributed by atoms with Crippen molar-refractivity contribution in [2.45, 2.75) is 34.2 Å². The fraction of sp³-hybridized carbons (Fsp3) is 0.357. The molecule has 2 heterocycles. The highest BCUT2D eigenvalue weighted by molar-refractivity contribution is 7.71. The Morgan fingerprint density at radius 2 is 2.16 bits per heavy atom. The van der Waals surface area contributed by atoms with Gasteiger partial charge in [-0.15, -0.1) is 0 Å². The van der Waals surface area contributed by atoms with Gasteiger partial charge < -0.3 is 9.55 Å². The molecule has 5 heteroatoms. The molecular weight excluding hydrogens is 256 g/mol. The molecule has 1 N–H and O–H groups in total. The van der Waals surface area contributed by atoms with Gasteiger partial charge in [0, 0.05) is 12.7 Å². The molecule has 0 saturated carbocycles. The van der Waals surface area contributed by atoms with Crippen LogP contribution in [0.2, 0.25) is 0 Å². The summed E-state index contributed by atoms with van der Waals surface area (Å²) in [6, 6.07) is 0. The third kappa shape index (κ3) is 2.51. The lowest BCUT2D eigenvalue weighted by atomic mass is 10.2. The van der Waals surface area contributed by atoms with E-state index in [0.29, 0.717) is 4.77 Å². The highest BCUT2D eigenvalue weighted by Gasteiger charge is 2.13. The molecule has 0 bridgehead atoms. The second-order valence-electron chi connectivity index (χ2n) is 4.43. The molecule has 0 aliphatic rings. The third-order valence-electron chi connectivity index (χ3n) is 3.22. The van der Waals surface area contributed by atoms with Crippen LogP contribution >= 0.6 is 12.2 Å². The number of allylic oxidation sites excluding steroid dienone is 2. The monoisotopic (exact) mass is 274 g/mol. The molecule has 0 aromatic carbocycles. The average molecular weight is 274 g/mol. The van der Waals surface area contributed by atoms with Gasteiger partial charge >= 0.3 is 0 Å². The minimum absolute atomic E-state index is 0.494. The van der Waals surface area contributed by atoms with Crippen molar-refractivity contribution in [2.75, 3.05) is 0 Å². The zero-order valence-electron chi connectivity index (χ0n) is 11.7. The van der Waals surface area contributed by atoms with Crippen LogP contribution < -0.4 is 0 Å². The van der Waals surface area contributed by atoms with Gasteiger partial charge in [-0.2, -0.15) is 0 Å². The van der Waals surface area contributed by atoms with Crippen LogP contribution in [0.5, 0.6) is 0 Å². The third-order valence-corrected chi connectivity index (χ3v) is 3.42. The topological polar surface area (TPSA) is 46.5 Å². The molecule has 0 fully saturated rings. The molecule has 2 aromatic heterocycles. The summed E-state index contributed by atoms with van der Waals surface area (Å²) in [6.45, 7) is 9.08. The van der Waals surface area contributed by atoms with E-state index in [4.69, 9.17) is 12.2 Å². The molecule has 0 aliphatic carbocycles. The van der Waals surface area contributed by atoms with Crippen LogP contribution in [0.25, 0.3) is 17.0 Å². The Morgan fingerprint density at radius 3 is 2.79 bits per heavy atom. The van der Waals surface area contributed by atoms with Crippen molar-refractivity contribution in [1.82, 2.24) is 19.5 Å². The van der Waals surface area contributed by atoms with Gasteiger partial charge in [-0.3, -0.25) is 0 Å². The van der Waals surface area contributed by atoms with Gasteiger partial charge in [0.15, 0.2) is 4.77 Å². The first-order chi connectivity index (χ1) is 9.08. The van der Waals surface area contributed by atoms with E-state index >= 15 is 0 Å². The molecule has 0 amide bonds. The van der Waals surface area contributed by atoms with E-state index in [-0.39, 0.29) is 0 Å². The summed E-state index contributed by atoms with van der Waals surface area (Å²) in [5.74, 6) is 0.996. The number of H-pyrrole nitrogens is 1. The SMILES string of the molecule is C/C=C(/C)c1ncc(-c2[nH]c(=S)ncc2C)n1CC. The first-order valence-electron chi connectivity index (χ1n) is 6.33. The number of aryl methyl sites for hydroxylation is 1. The molecular formula is C14H18N4S. The van der Waals surface area contributed by atoms with Gasteiger partial charge in [0.05, 0.1) is 17.6 Å². The largest absolute Gasteiger partial charge is 0.329 e. The van der Waals surface area contributed by atoms with E-state index in [9.17, 15) is 0 Å². The van der Waals surface area contributed by atoms with E-state index < -0.39 is 0 Å². The quantitative estimate of drug-likeness (QED) is 0.867. The molecule has 0 unspecified atom stereocenters. The minimum atomic E-state index is 0.494. The average Bonchev–Trinajstić information content (AvgIpc) is 2.84. The van der Waals surface area contributed by atoms with Gasteiger partial charge in [0.25, 0.3) is 0 Å². The number of aromatic nitrogens is 4. The van der Waals surface area contributed by atoms with Gasteiger partial charge in [-0.05, 0) is 51.0 Å². The normalized spacial score (nSPS) is 11.9. The summed E-state index contributed by atoms with van der Waals surface area (Å²) in [7, 11) is 0. The standard InChI is InChI=1S/C14H18N4S/c1-5-9(3)13-15-8-11(18(13)6-2)12-10(4)7-16-14(19)17-12/h5,7-8H,6H2,1-4H3,(H,16,17,19)/b9-5-. The molecule has 0 aliphatic heterocycles. The minimum Gasteiger partial charge on any atom is -0.329 e. The summed E-state index contributed by atoms with van der Waals surface area (Å²) in [6.07, 6.45) is 5.75. The van der Waals surface area contributed by atoms with Crippen LogP contribution in [-0.4, -0.2) is 19.5 Å². The van der Waals surface area contributed by atoms with Crippen molar-refractivity contribution in [2.24, 2.45) is 0 Å². The molecule has 0 atom stereocenters. The van der Waals surface area contributed by atoms with E-state index in [2.05, 4.69) is 39.4 Å². The Kier molecular flexibility index (Phi) is 3.95. The highest BCUT2D eigenvalue weighted by atomic mass is 32.1. The molecule has 0 saturated heterocycles. The number of aromatic amines is 1. The second kappa shape index (κ2) is 5.48. The lowest BCUT2D eigenvalue weighted by Crippen LogP contribution is -2.04. The van der Waals surface area contributed by atoms with E-state index in [1.165, 1.54) is 5.57 Å². The fourth-order valence-electron chi connectivity index (χ4n) is 2.06. The number of rotatable bonds is 3. The van der Waals surface area contributed by atoms with E-state index in [1.807, 2.05) is 20.0 Å². The van der Waals surface area contributed by atoms with Gasteiger partial charge in [-0.25, -0.2) is 9.97 Å². The maximum absolute atomic E-state index is 5.11. The van der Waals surface area contributed by atoms with Crippen molar-refractivity contribution >= 4 is 17.8 Å². The fourth-order valence-corrected chi connectivity index (χ4v) is 2.22. The second-order valence-corrected chi connectivity index (χ2v) is 4.82. The van der Waals surface area contributed by atoms with Crippen LogP contribution in [0, 0.1) is 11.7 Å². The summed E-state index contributed by atoms with van der Waals surface area (Å²) < 4.78 is 2.68. The summed E-state index contributed by atoms with van der Waals surface area (Å²) in [5.41, 5.74) is 4.26. The van der Waals surface area contributed by atoms with Crippen molar-refractivity contribution in [3.8, 4) is 11.4 Å². The molecule has 0 spiro atoms.